The molecule has 112 valence electrons. The molecule has 1 aromatic rings. The zero-order chi connectivity index (χ0) is 14.4. The Morgan fingerprint density at radius 3 is 2.70 bits per heavy atom. The van der Waals surface area contributed by atoms with Crippen LogP contribution < -0.4 is 5.73 Å². The van der Waals surface area contributed by atoms with Crippen LogP contribution in [0.25, 0.3) is 0 Å². The molecule has 0 spiro atoms. The fraction of sp³-hybridized carbons (Fsp3) is 0.600. The predicted octanol–water partition coefficient (Wildman–Crippen LogP) is 1.77. The molecule has 0 aromatic heterocycles. The van der Waals surface area contributed by atoms with Crippen molar-refractivity contribution in [3.05, 3.63) is 34.3 Å². The first-order valence-corrected chi connectivity index (χ1v) is 7.53. The first-order chi connectivity index (χ1) is 9.72. The summed E-state index contributed by atoms with van der Waals surface area (Å²) in [5, 5.41) is 9.56. The van der Waals surface area contributed by atoms with E-state index in [1.54, 1.807) is 0 Å². The molecule has 0 bridgehead atoms. The molecular weight excluding hydrogens is 276 g/mol. The standard InChI is InChI=1S/C15H23ClN2O2/c16-15-9-12(10-17)1-2-13(15)11-18-5-3-14(4-6-18)20-8-7-19/h1-2,9,14,19H,3-8,10-11,17H2. The summed E-state index contributed by atoms with van der Waals surface area (Å²) >= 11 is 6.29. The van der Waals surface area contributed by atoms with Crippen LogP contribution in [0.15, 0.2) is 18.2 Å². The van der Waals surface area contributed by atoms with E-state index in [1.165, 1.54) is 0 Å². The second-order valence-electron chi connectivity index (χ2n) is 5.20. The maximum atomic E-state index is 8.76. The summed E-state index contributed by atoms with van der Waals surface area (Å²) < 4.78 is 5.57. The van der Waals surface area contributed by atoms with Crippen LogP contribution in [0.4, 0.5) is 0 Å². The molecule has 3 N–H and O–H groups in total. The quantitative estimate of drug-likeness (QED) is 0.840. The van der Waals surface area contributed by atoms with E-state index in [0.29, 0.717) is 13.2 Å². The fourth-order valence-corrected chi connectivity index (χ4v) is 2.80. The Balaban J connectivity index is 1.83. The Morgan fingerprint density at radius 1 is 1.35 bits per heavy atom. The summed E-state index contributed by atoms with van der Waals surface area (Å²) in [5.41, 5.74) is 7.82. The van der Waals surface area contributed by atoms with Crippen LogP contribution in [0.2, 0.25) is 5.02 Å². The molecule has 0 radical (unpaired) electrons. The molecule has 1 aromatic carbocycles. The third-order valence-corrected chi connectivity index (χ3v) is 4.08. The van der Waals surface area contributed by atoms with Gasteiger partial charge in [-0.05, 0) is 30.0 Å². The molecular formula is C15H23ClN2O2. The lowest BCUT2D eigenvalue weighted by Gasteiger charge is -2.32. The third kappa shape index (κ3) is 4.43. The topological polar surface area (TPSA) is 58.7 Å². The van der Waals surface area contributed by atoms with Gasteiger partial charge >= 0.3 is 0 Å². The lowest BCUT2D eigenvalue weighted by Crippen LogP contribution is -2.37. The first-order valence-electron chi connectivity index (χ1n) is 7.15. The number of hydrogen-bond donors (Lipinski definition) is 2. The van der Waals surface area contributed by atoms with Crippen LogP contribution >= 0.6 is 11.6 Å². The number of nitrogens with zero attached hydrogens (tertiary/aromatic N) is 1. The van der Waals surface area contributed by atoms with Gasteiger partial charge in [-0.1, -0.05) is 23.7 Å². The van der Waals surface area contributed by atoms with Crippen LogP contribution in [0.5, 0.6) is 0 Å². The third-order valence-electron chi connectivity index (χ3n) is 3.73. The highest BCUT2D eigenvalue weighted by Crippen LogP contribution is 2.22. The van der Waals surface area contributed by atoms with Gasteiger partial charge in [-0.2, -0.15) is 0 Å². The van der Waals surface area contributed by atoms with Crippen molar-refractivity contribution in [3.63, 3.8) is 0 Å². The molecule has 1 heterocycles. The number of nitrogens with two attached hydrogens (primary N) is 1. The lowest BCUT2D eigenvalue weighted by molar-refractivity contribution is -0.00900. The zero-order valence-corrected chi connectivity index (χ0v) is 12.5. The molecule has 0 amide bonds. The molecule has 1 saturated heterocycles. The van der Waals surface area contributed by atoms with Crippen molar-refractivity contribution in [2.45, 2.75) is 32.0 Å². The SMILES string of the molecule is NCc1ccc(CN2CCC(OCCO)CC2)c(Cl)c1. The van der Waals surface area contributed by atoms with Gasteiger partial charge in [0.25, 0.3) is 0 Å². The minimum atomic E-state index is 0.101. The second-order valence-corrected chi connectivity index (χ2v) is 5.61. The maximum absolute atomic E-state index is 8.76. The van der Waals surface area contributed by atoms with E-state index < -0.39 is 0 Å². The number of likely N-dealkylation sites (tertiary alicyclic amines) is 1. The average Bonchev–Trinajstić information content (AvgIpc) is 2.48. The Morgan fingerprint density at radius 2 is 2.10 bits per heavy atom. The van der Waals surface area contributed by atoms with E-state index >= 15 is 0 Å². The average molecular weight is 299 g/mol. The fourth-order valence-electron chi connectivity index (χ4n) is 2.54. The Bertz CT molecular complexity index is 420. The molecule has 0 unspecified atom stereocenters. The van der Waals surface area contributed by atoms with E-state index in [0.717, 1.165) is 48.6 Å². The Kier molecular flexibility index (Phi) is 6.26. The number of halogens is 1. The van der Waals surface area contributed by atoms with Crippen molar-refractivity contribution in [3.8, 4) is 0 Å². The van der Waals surface area contributed by atoms with Crippen LogP contribution in [0, 0.1) is 0 Å². The molecule has 5 heteroatoms. The van der Waals surface area contributed by atoms with Crippen molar-refractivity contribution in [1.29, 1.82) is 0 Å². The van der Waals surface area contributed by atoms with Gasteiger partial charge in [-0.3, -0.25) is 4.90 Å². The molecule has 20 heavy (non-hydrogen) atoms. The molecule has 2 rings (SSSR count). The van der Waals surface area contributed by atoms with Gasteiger partial charge in [0.15, 0.2) is 0 Å². The smallest absolute Gasteiger partial charge is 0.0701 e. The molecule has 1 aliphatic heterocycles. The predicted molar refractivity (Wildman–Crippen MR) is 80.7 cm³/mol. The Hall–Kier alpha value is -0.650. The minimum Gasteiger partial charge on any atom is -0.394 e. The summed E-state index contributed by atoms with van der Waals surface area (Å²) in [6, 6.07) is 6.06. The van der Waals surface area contributed by atoms with Gasteiger partial charge in [0, 0.05) is 31.2 Å². The van der Waals surface area contributed by atoms with E-state index in [-0.39, 0.29) is 12.7 Å². The normalized spacial score (nSPS) is 17.6. The summed E-state index contributed by atoms with van der Waals surface area (Å²) in [7, 11) is 0. The van der Waals surface area contributed by atoms with E-state index in [4.69, 9.17) is 27.2 Å². The highest BCUT2D eigenvalue weighted by Gasteiger charge is 2.20. The largest absolute Gasteiger partial charge is 0.394 e. The van der Waals surface area contributed by atoms with Gasteiger partial charge < -0.3 is 15.6 Å². The van der Waals surface area contributed by atoms with Gasteiger partial charge in [0.2, 0.25) is 0 Å². The van der Waals surface area contributed by atoms with E-state index in [2.05, 4.69) is 11.0 Å². The summed E-state index contributed by atoms with van der Waals surface area (Å²) in [4.78, 5) is 2.39. The van der Waals surface area contributed by atoms with E-state index in [9.17, 15) is 0 Å². The molecule has 1 aliphatic rings. The number of benzene rings is 1. The molecule has 0 atom stereocenters. The lowest BCUT2D eigenvalue weighted by atomic mass is 10.1. The number of ether oxygens (including phenoxy) is 1. The van der Waals surface area contributed by atoms with Gasteiger partial charge in [0.05, 0.1) is 19.3 Å². The number of rotatable bonds is 6. The highest BCUT2D eigenvalue weighted by molar-refractivity contribution is 6.31. The van der Waals surface area contributed by atoms with Crippen LogP contribution in [-0.4, -0.2) is 42.4 Å². The maximum Gasteiger partial charge on any atom is 0.0701 e. The van der Waals surface area contributed by atoms with Crippen LogP contribution in [0.3, 0.4) is 0 Å². The molecule has 0 saturated carbocycles. The summed E-state index contributed by atoms with van der Waals surface area (Å²) in [6.45, 7) is 3.94. The second kappa shape index (κ2) is 7.96. The Labute approximate surface area is 125 Å². The number of aliphatic hydroxyl groups excluding tert-OH is 1. The van der Waals surface area contributed by atoms with Crippen molar-refractivity contribution >= 4 is 11.6 Å². The van der Waals surface area contributed by atoms with Gasteiger partial charge in [-0.15, -0.1) is 0 Å². The number of hydrogen-bond acceptors (Lipinski definition) is 4. The van der Waals surface area contributed by atoms with Crippen molar-refractivity contribution in [2.24, 2.45) is 5.73 Å². The van der Waals surface area contributed by atoms with Crippen LogP contribution in [-0.2, 0) is 17.8 Å². The molecule has 0 aliphatic carbocycles. The molecule has 1 fully saturated rings. The monoisotopic (exact) mass is 298 g/mol. The number of aliphatic hydroxyl groups is 1. The van der Waals surface area contributed by atoms with Crippen molar-refractivity contribution < 1.29 is 9.84 Å². The number of piperidine rings is 1. The minimum absolute atomic E-state index is 0.101. The first kappa shape index (κ1) is 15.7. The van der Waals surface area contributed by atoms with Gasteiger partial charge in [0.1, 0.15) is 0 Å². The molecule has 4 nitrogen and oxygen atoms in total. The van der Waals surface area contributed by atoms with Gasteiger partial charge in [-0.25, -0.2) is 0 Å². The van der Waals surface area contributed by atoms with Crippen molar-refractivity contribution in [1.82, 2.24) is 4.90 Å². The summed E-state index contributed by atoms with van der Waals surface area (Å²) in [5.74, 6) is 0. The summed E-state index contributed by atoms with van der Waals surface area (Å²) in [6.07, 6.45) is 2.31. The highest BCUT2D eigenvalue weighted by atomic mass is 35.5. The van der Waals surface area contributed by atoms with E-state index in [1.807, 2.05) is 12.1 Å². The van der Waals surface area contributed by atoms with Crippen LogP contribution in [0.1, 0.15) is 24.0 Å². The van der Waals surface area contributed by atoms with Crippen molar-refractivity contribution in [2.75, 3.05) is 26.3 Å². The zero-order valence-electron chi connectivity index (χ0n) is 11.7.